The molecule has 0 fully saturated rings. The Morgan fingerprint density at radius 3 is 2.72 bits per heavy atom. The number of fused-ring (bicyclic) bond motifs is 1. The first-order valence-electron chi connectivity index (χ1n) is 6.83. The number of hydrogen-bond donors (Lipinski definition) is 1. The fourth-order valence-corrected chi connectivity index (χ4v) is 3.35. The summed E-state index contributed by atoms with van der Waals surface area (Å²) in [6, 6.07) is 9.30. The van der Waals surface area contributed by atoms with E-state index in [4.69, 9.17) is 5.73 Å². The molecule has 2 N–H and O–H groups in total. The molecule has 2 nitrogen and oxygen atoms in total. The molecular weight excluding hydrogens is 240 g/mol. The van der Waals surface area contributed by atoms with Crippen molar-refractivity contribution in [3.63, 3.8) is 0 Å². The standard InChI is InChI=1S/C15H24N2S/c1-12(2)18-8-7-17-11-14-6-4-3-5-13(14)9-15(17)10-16/h3-6,12,15H,7-11,16H2,1-2H3. The lowest BCUT2D eigenvalue weighted by Crippen LogP contribution is -2.45. The van der Waals surface area contributed by atoms with Gasteiger partial charge in [0.25, 0.3) is 0 Å². The van der Waals surface area contributed by atoms with Crippen LogP contribution in [0, 0.1) is 0 Å². The van der Waals surface area contributed by atoms with E-state index < -0.39 is 0 Å². The maximum absolute atomic E-state index is 5.93. The number of nitrogens with two attached hydrogens (primary N) is 1. The first-order chi connectivity index (χ1) is 8.70. The highest BCUT2D eigenvalue weighted by molar-refractivity contribution is 7.99. The molecule has 2 rings (SSSR count). The Morgan fingerprint density at radius 2 is 2.06 bits per heavy atom. The third-order valence-corrected chi connectivity index (χ3v) is 4.65. The average Bonchev–Trinajstić information content (AvgIpc) is 2.37. The summed E-state index contributed by atoms with van der Waals surface area (Å²) in [5.74, 6) is 1.20. The van der Waals surface area contributed by atoms with Crippen molar-refractivity contribution in [2.24, 2.45) is 5.73 Å². The van der Waals surface area contributed by atoms with Crippen molar-refractivity contribution in [2.45, 2.75) is 38.1 Å². The number of thioether (sulfide) groups is 1. The summed E-state index contributed by atoms with van der Waals surface area (Å²) in [4.78, 5) is 2.55. The summed E-state index contributed by atoms with van der Waals surface area (Å²) in [5.41, 5.74) is 8.90. The van der Waals surface area contributed by atoms with Crippen LogP contribution in [0.2, 0.25) is 0 Å². The van der Waals surface area contributed by atoms with Gasteiger partial charge in [0.15, 0.2) is 0 Å². The van der Waals surface area contributed by atoms with Gasteiger partial charge in [0, 0.05) is 31.4 Å². The van der Waals surface area contributed by atoms with Gasteiger partial charge in [0.1, 0.15) is 0 Å². The summed E-state index contributed by atoms with van der Waals surface area (Å²) >= 11 is 2.04. The molecule has 0 saturated heterocycles. The zero-order valence-electron chi connectivity index (χ0n) is 11.4. The van der Waals surface area contributed by atoms with Gasteiger partial charge in [-0.25, -0.2) is 0 Å². The van der Waals surface area contributed by atoms with Crippen molar-refractivity contribution < 1.29 is 0 Å². The zero-order valence-corrected chi connectivity index (χ0v) is 12.2. The van der Waals surface area contributed by atoms with Crippen molar-refractivity contribution in [3.05, 3.63) is 35.4 Å². The molecule has 100 valence electrons. The topological polar surface area (TPSA) is 29.3 Å². The van der Waals surface area contributed by atoms with Crippen LogP contribution in [-0.2, 0) is 13.0 Å². The molecule has 3 heteroatoms. The SMILES string of the molecule is CC(C)SCCN1Cc2ccccc2CC1CN. The van der Waals surface area contributed by atoms with E-state index >= 15 is 0 Å². The van der Waals surface area contributed by atoms with Crippen molar-refractivity contribution >= 4 is 11.8 Å². The fraction of sp³-hybridized carbons (Fsp3) is 0.600. The van der Waals surface area contributed by atoms with Crippen LogP contribution in [-0.4, -0.2) is 35.0 Å². The largest absolute Gasteiger partial charge is 0.329 e. The van der Waals surface area contributed by atoms with Gasteiger partial charge in [-0.15, -0.1) is 0 Å². The minimum atomic E-state index is 0.521. The molecular formula is C15H24N2S. The molecule has 1 aromatic carbocycles. The van der Waals surface area contributed by atoms with E-state index in [1.807, 2.05) is 11.8 Å². The Bertz CT molecular complexity index is 379. The second-order valence-corrected chi connectivity index (χ2v) is 6.94. The molecule has 0 aromatic heterocycles. The summed E-state index contributed by atoms with van der Waals surface area (Å²) in [6.07, 6.45) is 1.11. The van der Waals surface area contributed by atoms with Gasteiger partial charge in [-0.1, -0.05) is 38.1 Å². The molecule has 1 atom stereocenters. The molecule has 0 bridgehead atoms. The van der Waals surface area contributed by atoms with Crippen LogP contribution >= 0.6 is 11.8 Å². The van der Waals surface area contributed by atoms with Crippen molar-refractivity contribution in [2.75, 3.05) is 18.8 Å². The van der Waals surface area contributed by atoms with Gasteiger partial charge in [-0.3, -0.25) is 4.90 Å². The summed E-state index contributed by atoms with van der Waals surface area (Å²) in [5, 5.41) is 0.721. The Hall–Kier alpha value is -0.510. The minimum Gasteiger partial charge on any atom is -0.329 e. The molecule has 0 saturated carbocycles. The van der Waals surface area contributed by atoms with Gasteiger partial charge in [-0.05, 0) is 22.8 Å². The van der Waals surface area contributed by atoms with Crippen LogP contribution in [0.15, 0.2) is 24.3 Å². The number of benzene rings is 1. The molecule has 0 radical (unpaired) electrons. The number of nitrogens with zero attached hydrogens (tertiary/aromatic N) is 1. The highest BCUT2D eigenvalue weighted by Gasteiger charge is 2.24. The van der Waals surface area contributed by atoms with E-state index in [0.717, 1.165) is 31.3 Å². The van der Waals surface area contributed by atoms with Crippen LogP contribution in [0.3, 0.4) is 0 Å². The van der Waals surface area contributed by atoms with E-state index in [-0.39, 0.29) is 0 Å². The molecule has 0 aliphatic carbocycles. The van der Waals surface area contributed by atoms with Crippen molar-refractivity contribution in [1.82, 2.24) is 4.90 Å². The first kappa shape index (κ1) is 13.9. The molecule has 1 heterocycles. The predicted molar refractivity (Wildman–Crippen MR) is 81.0 cm³/mol. The van der Waals surface area contributed by atoms with E-state index in [2.05, 4.69) is 43.0 Å². The Morgan fingerprint density at radius 1 is 1.33 bits per heavy atom. The molecule has 1 aliphatic rings. The number of rotatable bonds is 5. The summed E-state index contributed by atoms with van der Waals surface area (Å²) < 4.78 is 0. The Labute approximate surface area is 115 Å². The predicted octanol–water partition coefficient (Wildman–Crippen LogP) is 2.51. The van der Waals surface area contributed by atoms with Gasteiger partial charge in [-0.2, -0.15) is 11.8 Å². The second-order valence-electron chi connectivity index (χ2n) is 5.25. The lowest BCUT2D eigenvalue weighted by atomic mass is 9.94. The molecule has 0 spiro atoms. The molecule has 0 amide bonds. The van der Waals surface area contributed by atoms with E-state index in [9.17, 15) is 0 Å². The van der Waals surface area contributed by atoms with E-state index in [1.165, 1.54) is 16.9 Å². The monoisotopic (exact) mass is 264 g/mol. The van der Waals surface area contributed by atoms with Crippen LogP contribution < -0.4 is 5.73 Å². The molecule has 1 unspecified atom stereocenters. The Kier molecular flexibility index (Phi) is 5.10. The highest BCUT2D eigenvalue weighted by Crippen LogP contribution is 2.23. The minimum absolute atomic E-state index is 0.521. The maximum atomic E-state index is 5.93. The zero-order chi connectivity index (χ0) is 13.0. The van der Waals surface area contributed by atoms with Crippen molar-refractivity contribution in [3.8, 4) is 0 Å². The maximum Gasteiger partial charge on any atom is 0.0262 e. The third kappa shape index (κ3) is 3.50. The van der Waals surface area contributed by atoms with Crippen molar-refractivity contribution in [1.29, 1.82) is 0 Å². The van der Waals surface area contributed by atoms with Crippen LogP contribution in [0.4, 0.5) is 0 Å². The lowest BCUT2D eigenvalue weighted by Gasteiger charge is -2.36. The quantitative estimate of drug-likeness (QED) is 0.886. The van der Waals surface area contributed by atoms with Crippen LogP contribution in [0.5, 0.6) is 0 Å². The molecule has 1 aromatic rings. The second kappa shape index (κ2) is 6.60. The van der Waals surface area contributed by atoms with Gasteiger partial charge >= 0.3 is 0 Å². The molecule has 1 aliphatic heterocycles. The fourth-order valence-electron chi connectivity index (χ4n) is 2.54. The highest BCUT2D eigenvalue weighted by atomic mass is 32.2. The molecule has 18 heavy (non-hydrogen) atoms. The Balaban J connectivity index is 1.98. The normalized spacial score (nSPS) is 20.1. The number of hydrogen-bond acceptors (Lipinski definition) is 3. The first-order valence-corrected chi connectivity index (χ1v) is 7.88. The van der Waals surface area contributed by atoms with Gasteiger partial charge in [0.2, 0.25) is 0 Å². The van der Waals surface area contributed by atoms with E-state index in [0.29, 0.717) is 6.04 Å². The van der Waals surface area contributed by atoms with Gasteiger partial charge in [0.05, 0.1) is 0 Å². The third-order valence-electron chi connectivity index (χ3n) is 3.57. The average molecular weight is 264 g/mol. The van der Waals surface area contributed by atoms with Gasteiger partial charge < -0.3 is 5.73 Å². The smallest absolute Gasteiger partial charge is 0.0262 e. The summed E-state index contributed by atoms with van der Waals surface area (Å²) in [6.45, 7) is 7.50. The summed E-state index contributed by atoms with van der Waals surface area (Å²) in [7, 11) is 0. The lowest BCUT2D eigenvalue weighted by molar-refractivity contribution is 0.187. The van der Waals surface area contributed by atoms with Crippen LogP contribution in [0.1, 0.15) is 25.0 Å². The van der Waals surface area contributed by atoms with E-state index in [1.54, 1.807) is 0 Å². The van der Waals surface area contributed by atoms with Crippen LogP contribution in [0.25, 0.3) is 0 Å².